The molecule has 0 amide bonds. The standard InChI is InChI=1S/C24H26O8/c1-11-7-13(9-16(29-3)21(11)25)19-18-12(2)22(26)17(30-4)10-14(18)8-15(23(27)31-5)20(19)24(28)32-6/h7-10,19-20,25-26H,1-6H3/t19-,20-/m1/s1. The molecule has 3 rings (SSSR count). The average molecular weight is 442 g/mol. The van der Waals surface area contributed by atoms with Crippen LogP contribution < -0.4 is 9.47 Å². The predicted octanol–water partition coefficient (Wildman–Crippen LogP) is 3.22. The van der Waals surface area contributed by atoms with E-state index < -0.39 is 23.8 Å². The van der Waals surface area contributed by atoms with Crippen molar-refractivity contribution in [2.75, 3.05) is 28.4 Å². The van der Waals surface area contributed by atoms with E-state index in [1.807, 2.05) is 0 Å². The number of carbonyl (C=O) groups excluding carboxylic acids is 2. The second-order valence-electron chi connectivity index (χ2n) is 7.51. The van der Waals surface area contributed by atoms with Gasteiger partial charge in [0.05, 0.1) is 39.9 Å². The van der Waals surface area contributed by atoms with Crippen molar-refractivity contribution in [1.29, 1.82) is 0 Å². The average Bonchev–Trinajstić information content (AvgIpc) is 2.80. The Morgan fingerprint density at radius 2 is 1.50 bits per heavy atom. The lowest BCUT2D eigenvalue weighted by Crippen LogP contribution is -2.33. The number of hydrogen-bond donors (Lipinski definition) is 2. The molecule has 0 bridgehead atoms. The zero-order valence-corrected chi connectivity index (χ0v) is 18.8. The summed E-state index contributed by atoms with van der Waals surface area (Å²) in [5, 5.41) is 21.0. The molecule has 8 heteroatoms. The number of fused-ring (bicyclic) bond motifs is 1. The van der Waals surface area contributed by atoms with Crippen molar-refractivity contribution < 1.29 is 38.7 Å². The first-order chi connectivity index (χ1) is 15.2. The van der Waals surface area contributed by atoms with Crippen molar-refractivity contribution in [2.24, 2.45) is 5.92 Å². The summed E-state index contributed by atoms with van der Waals surface area (Å²) in [5.74, 6) is -2.76. The summed E-state index contributed by atoms with van der Waals surface area (Å²) in [6.07, 6.45) is 1.55. The first-order valence-electron chi connectivity index (χ1n) is 9.85. The van der Waals surface area contributed by atoms with Gasteiger partial charge in [0.1, 0.15) is 0 Å². The molecule has 0 saturated carbocycles. The Morgan fingerprint density at radius 3 is 2.06 bits per heavy atom. The molecule has 0 spiro atoms. The number of benzene rings is 2. The molecular formula is C24H26O8. The molecule has 0 fully saturated rings. The van der Waals surface area contributed by atoms with E-state index >= 15 is 0 Å². The smallest absolute Gasteiger partial charge is 0.334 e. The zero-order valence-electron chi connectivity index (χ0n) is 18.8. The van der Waals surface area contributed by atoms with Crippen LogP contribution >= 0.6 is 0 Å². The molecule has 0 unspecified atom stereocenters. The quantitative estimate of drug-likeness (QED) is 0.679. The maximum Gasteiger partial charge on any atom is 0.334 e. The van der Waals surface area contributed by atoms with Crippen molar-refractivity contribution in [1.82, 2.24) is 0 Å². The van der Waals surface area contributed by atoms with Crippen LogP contribution in [0.3, 0.4) is 0 Å². The number of ether oxygens (including phenoxy) is 4. The SMILES string of the molecule is COC(=O)C1=Cc2cc(OC)c(O)c(C)c2[C@@H](c2cc(C)c(O)c(OC)c2)[C@@H]1C(=O)OC. The fourth-order valence-electron chi connectivity index (χ4n) is 4.27. The van der Waals surface area contributed by atoms with Crippen LogP contribution in [0, 0.1) is 19.8 Å². The van der Waals surface area contributed by atoms with Crippen LogP contribution in [0.5, 0.6) is 23.0 Å². The van der Waals surface area contributed by atoms with E-state index in [9.17, 15) is 19.8 Å². The molecule has 0 heterocycles. The van der Waals surface area contributed by atoms with Crippen LogP contribution in [-0.2, 0) is 19.1 Å². The molecule has 1 aliphatic carbocycles. The normalized spacial score (nSPS) is 17.1. The van der Waals surface area contributed by atoms with Gasteiger partial charge in [-0.25, -0.2) is 4.79 Å². The predicted molar refractivity (Wildman–Crippen MR) is 116 cm³/mol. The molecule has 32 heavy (non-hydrogen) atoms. The van der Waals surface area contributed by atoms with E-state index in [4.69, 9.17) is 18.9 Å². The molecule has 0 saturated heterocycles. The fraction of sp³-hybridized carbons (Fsp3) is 0.333. The summed E-state index contributed by atoms with van der Waals surface area (Å²) in [4.78, 5) is 25.7. The Bertz CT molecular complexity index is 1120. The highest BCUT2D eigenvalue weighted by Gasteiger charge is 2.43. The van der Waals surface area contributed by atoms with E-state index in [1.165, 1.54) is 28.4 Å². The molecule has 0 aliphatic heterocycles. The number of aryl methyl sites for hydroxylation is 1. The summed E-state index contributed by atoms with van der Waals surface area (Å²) in [6, 6.07) is 4.92. The number of aromatic hydroxyl groups is 2. The van der Waals surface area contributed by atoms with Gasteiger partial charge in [-0.3, -0.25) is 4.79 Å². The lowest BCUT2D eigenvalue weighted by Gasteiger charge is -2.34. The minimum Gasteiger partial charge on any atom is -0.504 e. The van der Waals surface area contributed by atoms with Crippen LogP contribution in [0.2, 0.25) is 0 Å². The minimum absolute atomic E-state index is 0.0278. The highest BCUT2D eigenvalue weighted by atomic mass is 16.5. The van der Waals surface area contributed by atoms with Crippen molar-refractivity contribution >= 4 is 18.0 Å². The first kappa shape index (κ1) is 23.0. The number of methoxy groups -OCH3 is 4. The van der Waals surface area contributed by atoms with Crippen molar-refractivity contribution in [3.05, 3.63) is 51.6 Å². The Kier molecular flexibility index (Phi) is 6.34. The Hall–Kier alpha value is -3.68. The molecule has 2 aromatic rings. The second-order valence-corrected chi connectivity index (χ2v) is 7.51. The van der Waals surface area contributed by atoms with E-state index in [2.05, 4.69) is 0 Å². The highest BCUT2D eigenvalue weighted by molar-refractivity contribution is 6.02. The molecule has 170 valence electrons. The summed E-state index contributed by atoms with van der Waals surface area (Å²) in [7, 11) is 5.33. The number of phenolic OH excluding ortho intramolecular Hbond substituents is 2. The van der Waals surface area contributed by atoms with Crippen LogP contribution in [0.25, 0.3) is 6.08 Å². The monoisotopic (exact) mass is 442 g/mol. The summed E-state index contributed by atoms with van der Waals surface area (Å²) >= 11 is 0. The van der Waals surface area contributed by atoms with Crippen LogP contribution in [0.15, 0.2) is 23.8 Å². The molecule has 8 nitrogen and oxygen atoms in total. The van der Waals surface area contributed by atoms with E-state index in [1.54, 1.807) is 38.1 Å². The largest absolute Gasteiger partial charge is 0.504 e. The van der Waals surface area contributed by atoms with E-state index in [0.717, 1.165) is 0 Å². The molecular weight excluding hydrogens is 416 g/mol. The van der Waals surface area contributed by atoms with E-state index in [0.29, 0.717) is 27.8 Å². The Balaban J connectivity index is 2.44. The summed E-state index contributed by atoms with van der Waals surface area (Å²) in [6.45, 7) is 3.41. The third kappa shape index (κ3) is 3.62. The zero-order chi connectivity index (χ0) is 23.7. The Morgan fingerprint density at radius 1 is 0.875 bits per heavy atom. The van der Waals surface area contributed by atoms with Crippen molar-refractivity contribution in [3.63, 3.8) is 0 Å². The summed E-state index contributed by atoms with van der Waals surface area (Å²) < 4.78 is 20.6. The number of phenols is 2. The fourth-order valence-corrected chi connectivity index (χ4v) is 4.27. The van der Waals surface area contributed by atoms with Gasteiger partial charge in [-0.2, -0.15) is 0 Å². The summed E-state index contributed by atoms with van der Waals surface area (Å²) in [5.41, 5.74) is 2.92. The third-order valence-corrected chi connectivity index (χ3v) is 5.84. The number of hydrogen-bond acceptors (Lipinski definition) is 8. The lowest BCUT2D eigenvalue weighted by molar-refractivity contribution is -0.147. The highest BCUT2D eigenvalue weighted by Crippen LogP contribution is 2.50. The molecule has 2 N–H and O–H groups in total. The van der Waals surface area contributed by atoms with Crippen LogP contribution in [0.4, 0.5) is 0 Å². The molecule has 0 radical (unpaired) electrons. The lowest BCUT2D eigenvalue weighted by atomic mass is 9.69. The van der Waals surface area contributed by atoms with Gasteiger partial charge in [-0.15, -0.1) is 0 Å². The van der Waals surface area contributed by atoms with E-state index in [-0.39, 0.29) is 28.6 Å². The number of esters is 2. The molecule has 0 aromatic heterocycles. The van der Waals surface area contributed by atoms with Gasteiger partial charge < -0.3 is 29.2 Å². The minimum atomic E-state index is -1.06. The van der Waals surface area contributed by atoms with Gasteiger partial charge in [0.25, 0.3) is 0 Å². The molecule has 2 aromatic carbocycles. The number of rotatable bonds is 5. The first-order valence-corrected chi connectivity index (χ1v) is 9.85. The molecule has 2 atom stereocenters. The Labute approximate surface area is 186 Å². The van der Waals surface area contributed by atoms with Gasteiger partial charge in [-0.1, -0.05) is 6.07 Å². The van der Waals surface area contributed by atoms with Crippen molar-refractivity contribution in [3.8, 4) is 23.0 Å². The maximum absolute atomic E-state index is 13.0. The van der Waals surface area contributed by atoms with Gasteiger partial charge in [0.15, 0.2) is 23.0 Å². The van der Waals surface area contributed by atoms with Gasteiger partial charge in [0.2, 0.25) is 0 Å². The van der Waals surface area contributed by atoms with Gasteiger partial charge in [0, 0.05) is 5.92 Å². The third-order valence-electron chi connectivity index (χ3n) is 5.84. The second kappa shape index (κ2) is 8.82. The van der Waals surface area contributed by atoms with Crippen LogP contribution in [-0.4, -0.2) is 50.6 Å². The maximum atomic E-state index is 13.0. The van der Waals surface area contributed by atoms with Crippen molar-refractivity contribution in [2.45, 2.75) is 19.8 Å². The van der Waals surface area contributed by atoms with Gasteiger partial charge in [-0.05, 0) is 59.9 Å². The van der Waals surface area contributed by atoms with Crippen LogP contribution in [0.1, 0.15) is 33.7 Å². The molecule has 1 aliphatic rings. The number of carbonyl (C=O) groups is 2. The van der Waals surface area contributed by atoms with Gasteiger partial charge >= 0.3 is 11.9 Å². The topological polar surface area (TPSA) is 112 Å².